The summed E-state index contributed by atoms with van der Waals surface area (Å²) >= 11 is 0. The number of aliphatic hydroxyl groups is 2. The number of carboxylic acid groups (broad SMARTS) is 2. The Morgan fingerprint density at radius 1 is 0.951 bits per heavy atom. The molecule has 4 unspecified atom stereocenters. The Labute approximate surface area is 237 Å². The van der Waals surface area contributed by atoms with Crippen molar-refractivity contribution in [2.24, 2.45) is 11.8 Å². The van der Waals surface area contributed by atoms with Crippen LogP contribution in [0.5, 0.6) is 5.75 Å². The fourth-order valence-electron chi connectivity index (χ4n) is 5.34. The number of aliphatic hydroxyl groups excluding tert-OH is 2. The predicted molar refractivity (Wildman–Crippen MR) is 145 cm³/mol. The van der Waals surface area contributed by atoms with E-state index in [1.807, 2.05) is 13.8 Å². The maximum atomic E-state index is 13.9. The van der Waals surface area contributed by atoms with E-state index in [-0.39, 0.29) is 36.6 Å². The van der Waals surface area contributed by atoms with E-state index >= 15 is 0 Å². The SMILES string of the molecule is CC(C)Oc1ccc(F)cc1N1CCN(CCCN2C(=O)C3CC(O)C(O)CC3C2=O)CC1.O=C(O)/C=C\C(=O)O. The van der Waals surface area contributed by atoms with Gasteiger partial charge in [-0.05, 0) is 51.8 Å². The monoisotopic (exact) mass is 579 g/mol. The number of nitrogens with zero attached hydrogens (tertiary/aromatic N) is 3. The number of imide groups is 1. The standard InChI is InChI=1S/C24H34FN3O5.C4H4O4/c1-15(2)33-22-5-4-16(25)12-19(22)27-10-8-26(9-11-27)6-3-7-28-23(31)17-13-20(29)21(30)14-18(17)24(28)32;5-3(6)1-2-4(7)8/h4-5,12,15,17-18,20-21,29-30H,3,6-11,13-14H2,1-2H3;1-2H,(H,5,6)(H,7,8)/b;2-1-. The maximum absolute atomic E-state index is 13.9. The normalized spacial score (nSPS) is 24.8. The highest BCUT2D eigenvalue weighted by atomic mass is 19.1. The first kappa shape index (κ1) is 32.0. The third kappa shape index (κ3) is 8.72. The second-order valence-corrected chi connectivity index (χ2v) is 10.6. The molecule has 0 bridgehead atoms. The van der Waals surface area contributed by atoms with Crippen LogP contribution in [0.2, 0.25) is 0 Å². The number of hydrogen-bond donors (Lipinski definition) is 4. The molecule has 12 nitrogen and oxygen atoms in total. The van der Waals surface area contributed by atoms with Crippen LogP contribution in [0.4, 0.5) is 10.1 Å². The number of piperazine rings is 1. The van der Waals surface area contributed by atoms with Crippen molar-refractivity contribution in [3.8, 4) is 5.75 Å². The lowest BCUT2D eigenvalue weighted by molar-refractivity contribution is -0.140. The maximum Gasteiger partial charge on any atom is 0.328 e. The number of amides is 2. The second kappa shape index (κ2) is 14.4. The number of halogens is 1. The molecule has 13 heteroatoms. The fourth-order valence-corrected chi connectivity index (χ4v) is 5.34. The number of ether oxygens (including phenoxy) is 1. The summed E-state index contributed by atoms with van der Waals surface area (Å²) in [7, 11) is 0. The van der Waals surface area contributed by atoms with Gasteiger partial charge in [0.05, 0.1) is 35.8 Å². The summed E-state index contributed by atoms with van der Waals surface area (Å²) in [6.07, 6.45) is 0.206. The summed E-state index contributed by atoms with van der Waals surface area (Å²) in [5, 5.41) is 35.4. The van der Waals surface area contributed by atoms with Crippen molar-refractivity contribution < 1.29 is 48.7 Å². The molecule has 3 fully saturated rings. The first-order chi connectivity index (χ1) is 19.4. The summed E-state index contributed by atoms with van der Waals surface area (Å²) in [6, 6.07) is 4.61. The fraction of sp³-hybridized carbons (Fsp3) is 0.571. The van der Waals surface area contributed by atoms with Crippen LogP contribution in [0.25, 0.3) is 0 Å². The Morgan fingerprint density at radius 3 is 1.98 bits per heavy atom. The van der Waals surface area contributed by atoms with Gasteiger partial charge in [-0.1, -0.05) is 0 Å². The van der Waals surface area contributed by atoms with E-state index in [1.54, 1.807) is 6.07 Å². The Kier molecular flexibility index (Phi) is 11.2. The molecule has 41 heavy (non-hydrogen) atoms. The van der Waals surface area contributed by atoms with Gasteiger partial charge in [0.2, 0.25) is 11.8 Å². The minimum Gasteiger partial charge on any atom is -0.489 e. The molecule has 1 aliphatic carbocycles. The van der Waals surface area contributed by atoms with Crippen molar-refractivity contribution in [3.63, 3.8) is 0 Å². The Morgan fingerprint density at radius 2 is 1.49 bits per heavy atom. The summed E-state index contributed by atoms with van der Waals surface area (Å²) in [5.74, 6) is -3.57. The van der Waals surface area contributed by atoms with Crippen LogP contribution < -0.4 is 9.64 Å². The van der Waals surface area contributed by atoms with E-state index in [1.165, 1.54) is 17.0 Å². The molecule has 3 aliphatic rings. The van der Waals surface area contributed by atoms with Crippen molar-refractivity contribution in [1.29, 1.82) is 0 Å². The van der Waals surface area contributed by atoms with Gasteiger partial charge in [-0.15, -0.1) is 0 Å². The van der Waals surface area contributed by atoms with Crippen LogP contribution in [0.3, 0.4) is 0 Å². The molecule has 226 valence electrons. The number of aliphatic carboxylic acids is 2. The van der Waals surface area contributed by atoms with E-state index in [4.69, 9.17) is 14.9 Å². The van der Waals surface area contributed by atoms with E-state index in [0.29, 0.717) is 30.9 Å². The third-order valence-corrected chi connectivity index (χ3v) is 7.31. The van der Waals surface area contributed by atoms with Crippen LogP contribution in [0, 0.1) is 17.7 Å². The number of rotatable bonds is 9. The van der Waals surface area contributed by atoms with Crippen LogP contribution >= 0.6 is 0 Å². The van der Waals surface area contributed by atoms with Crippen molar-refractivity contribution in [2.75, 3.05) is 44.2 Å². The molecule has 1 aromatic carbocycles. The van der Waals surface area contributed by atoms with E-state index in [2.05, 4.69) is 9.80 Å². The van der Waals surface area contributed by atoms with Gasteiger partial charge in [0.15, 0.2) is 0 Å². The molecule has 0 spiro atoms. The molecule has 2 amide bonds. The summed E-state index contributed by atoms with van der Waals surface area (Å²) in [4.78, 5) is 50.2. The van der Waals surface area contributed by atoms with Crippen molar-refractivity contribution >= 4 is 29.4 Å². The number of likely N-dealkylation sites (tertiary alicyclic amines) is 1. The Bertz CT molecular complexity index is 1090. The molecule has 0 aromatic heterocycles. The Hall–Kier alpha value is -3.55. The first-order valence-electron chi connectivity index (χ1n) is 13.7. The molecule has 4 atom stereocenters. The number of fused-ring (bicyclic) bond motifs is 1. The van der Waals surface area contributed by atoms with Gasteiger partial charge in [0, 0.05) is 50.9 Å². The number of carbonyl (C=O) groups is 4. The molecule has 0 radical (unpaired) electrons. The smallest absolute Gasteiger partial charge is 0.328 e. The minimum absolute atomic E-state index is 0.00173. The number of carboxylic acids is 2. The van der Waals surface area contributed by atoms with E-state index in [9.17, 15) is 33.8 Å². The lowest BCUT2D eigenvalue weighted by Crippen LogP contribution is -2.47. The van der Waals surface area contributed by atoms with E-state index in [0.717, 1.165) is 38.4 Å². The zero-order valence-electron chi connectivity index (χ0n) is 23.2. The highest BCUT2D eigenvalue weighted by Gasteiger charge is 2.51. The van der Waals surface area contributed by atoms with Crippen molar-refractivity contribution in [1.82, 2.24) is 9.80 Å². The zero-order chi connectivity index (χ0) is 30.3. The van der Waals surface area contributed by atoms with Gasteiger partial charge in [0.25, 0.3) is 0 Å². The topological polar surface area (TPSA) is 168 Å². The highest BCUT2D eigenvalue weighted by molar-refractivity contribution is 6.05. The molecule has 2 saturated heterocycles. The van der Waals surface area contributed by atoms with Crippen LogP contribution in [0.15, 0.2) is 30.4 Å². The van der Waals surface area contributed by atoms with Gasteiger partial charge in [0.1, 0.15) is 11.6 Å². The molecule has 4 N–H and O–H groups in total. The van der Waals surface area contributed by atoms with E-state index < -0.39 is 36.0 Å². The molecular weight excluding hydrogens is 541 g/mol. The number of anilines is 1. The summed E-state index contributed by atoms with van der Waals surface area (Å²) in [6.45, 7) is 8.06. The average Bonchev–Trinajstić information content (AvgIpc) is 3.13. The van der Waals surface area contributed by atoms with Crippen molar-refractivity contribution in [2.45, 2.75) is 51.4 Å². The summed E-state index contributed by atoms with van der Waals surface area (Å²) < 4.78 is 19.7. The molecule has 4 rings (SSSR count). The van der Waals surface area contributed by atoms with Crippen LogP contribution in [0.1, 0.15) is 33.1 Å². The largest absolute Gasteiger partial charge is 0.489 e. The lowest BCUT2D eigenvalue weighted by atomic mass is 9.78. The second-order valence-electron chi connectivity index (χ2n) is 10.6. The van der Waals surface area contributed by atoms with Crippen LogP contribution in [-0.2, 0) is 19.2 Å². The average molecular weight is 580 g/mol. The van der Waals surface area contributed by atoms with Gasteiger partial charge in [-0.3, -0.25) is 19.4 Å². The quantitative estimate of drug-likeness (QED) is 0.243. The van der Waals surface area contributed by atoms with Gasteiger partial charge in [-0.25, -0.2) is 14.0 Å². The minimum atomic E-state index is -1.26. The molecule has 2 aliphatic heterocycles. The highest BCUT2D eigenvalue weighted by Crippen LogP contribution is 2.38. The molecule has 2 heterocycles. The van der Waals surface area contributed by atoms with Gasteiger partial charge >= 0.3 is 11.9 Å². The summed E-state index contributed by atoms with van der Waals surface area (Å²) in [5.41, 5.74) is 0.767. The number of hydrogen-bond acceptors (Lipinski definition) is 9. The first-order valence-corrected chi connectivity index (χ1v) is 13.7. The molecule has 1 aromatic rings. The number of carbonyl (C=O) groups excluding carboxylic acids is 2. The van der Waals surface area contributed by atoms with Gasteiger partial charge in [-0.2, -0.15) is 0 Å². The van der Waals surface area contributed by atoms with Gasteiger partial charge < -0.3 is 30.1 Å². The Balaban J connectivity index is 0.000000507. The van der Waals surface area contributed by atoms with Crippen LogP contribution in [-0.4, -0.2) is 112 Å². The molecular formula is C28H38FN3O9. The third-order valence-electron chi connectivity index (χ3n) is 7.31. The number of benzene rings is 1. The predicted octanol–water partition coefficient (Wildman–Crippen LogP) is 0.954. The zero-order valence-corrected chi connectivity index (χ0v) is 23.2. The lowest BCUT2D eigenvalue weighted by Gasteiger charge is -2.37. The molecule has 1 saturated carbocycles. The van der Waals surface area contributed by atoms with Crippen molar-refractivity contribution in [3.05, 3.63) is 36.2 Å².